The number of hydroxylamine groups is 1. The molecule has 2 N–H and O–H groups in total. The highest BCUT2D eigenvalue weighted by Gasteiger charge is 2.14. The number of hydrogen-bond acceptors (Lipinski definition) is 4. The Morgan fingerprint density at radius 2 is 1.71 bits per heavy atom. The lowest BCUT2D eigenvalue weighted by Gasteiger charge is -2.12. The summed E-state index contributed by atoms with van der Waals surface area (Å²) in [5.41, 5.74) is 3.13. The highest BCUT2D eigenvalue weighted by molar-refractivity contribution is 6.40. The molecule has 6 nitrogen and oxygen atoms in total. The molecule has 0 aliphatic rings. The van der Waals surface area contributed by atoms with E-state index in [0.29, 0.717) is 21.3 Å². The number of halogens is 4. The van der Waals surface area contributed by atoms with Gasteiger partial charge in [0.2, 0.25) is 0 Å². The molecular weight excluding hydrogens is 398 g/mol. The number of carbonyl (C=O) groups excluding carboxylic acids is 1. The topological polar surface area (TPSA) is 75.6 Å². The van der Waals surface area contributed by atoms with Gasteiger partial charge in [0.15, 0.2) is 5.84 Å². The van der Waals surface area contributed by atoms with Crippen LogP contribution in [0.5, 0.6) is 0 Å². The predicted octanol–water partition coefficient (Wildman–Crippen LogP) is 4.82. The Morgan fingerprint density at radius 1 is 1.12 bits per heavy atom. The van der Waals surface area contributed by atoms with Gasteiger partial charge in [0.05, 0.1) is 21.3 Å². The average molecular weight is 408 g/mol. The number of hydrogen-bond donors (Lipinski definition) is 2. The number of amides is 1. The smallest absolute Gasteiger partial charge is 0.322 e. The fraction of sp³-hybridized carbons (Fsp3) is 0.0714. The summed E-state index contributed by atoms with van der Waals surface area (Å²) in [6.45, 7) is 0. The number of aromatic nitrogens is 1. The maximum atomic E-state index is 11.8. The predicted molar refractivity (Wildman–Crippen MR) is 96.4 cm³/mol. The summed E-state index contributed by atoms with van der Waals surface area (Å²) in [5.74, 6) is 0.187. The molecule has 2 aromatic rings. The number of amidine groups is 1. The minimum atomic E-state index is -0.822. The number of aliphatic imine (C=N–C) groups is 1. The van der Waals surface area contributed by atoms with Crippen LogP contribution in [0.25, 0.3) is 0 Å². The van der Waals surface area contributed by atoms with E-state index in [2.05, 4.69) is 20.8 Å². The maximum absolute atomic E-state index is 11.8. The van der Waals surface area contributed by atoms with Gasteiger partial charge in [0.25, 0.3) is 0 Å². The lowest BCUT2D eigenvalue weighted by atomic mass is 10.2. The van der Waals surface area contributed by atoms with Gasteiger partial charge in [-0.2, -0.15) is 5.48 Å². The summed E-state index contributed by atoms with van der Waals surface area (Å²) in [7, 11) is 1.49. The van der Waals surface area contributed by atoms with Crippen LogP contribution < -0.4 is 10.8 Å². The molecule has 0 unspecified atom stereocenters. The van der Waals surface area contributed by atoms with E-state index in [-0.39, 0.29) is 16.1 Å². The Morgan fingerprint density at radius 3 is 2.25 bits per heavy atom. The molecule has 0 aliphatic carbocycles. The summed E-state index contributed by atoms with van der Waals surface area (Å²) in [5, 5.41) is 3.40. The summed E-state index contributed by atoms with van der Waals surface area (Å²) >= 11 is 23.7. The second kappa shape index (κ2) is 8.39. The van der Waals surface area contributed by atoms with Crippen LogP contribution in [0.2, 0.25) is 20.4 Å². The van der Waals surface area contributed by atoms with E-state index in [0.717, 1.165) is 0 Å². The molecule has 1 amide bonds. The summed E-state index contributed by atoms with van der Waals surface area (Å²) in [6, 6.07) is 7.78. The highest BCUT2D eigenvalue weighted by Crippen LogP contribution is 2.24. The molecule has 10 heteroatoms. The van der Waals surface area contributed by atoms with Gasteiger partial charge in [0, 0.05) is 7.05 Å². The average Bonchev–Trinajstić information content (AvgIpc) is 2.49. The molecular formula is C14H10Cl4N4O2. The van der Waals surface area contributed by atoms with Crippen molar-refractivity contribution in [3.05, 3.63) is 56.2 Å². The SMILES string of the molecule is CN=C(NOC(=O)Nc1cc(Cl)nc(Cl)c1)c1c(Cl)cccc1Cl. The van der Waals surface area contributed by atoms with Crippen LogP contribution in [0, 0.1) is 0 Å². The zero-order chi connectivity index (χ0) is 17.7. The Bertz CT molecular complexity index is 758. The molecule has 0 saturated heterocycles. The van der Waals surface area contributed by atoms with Crippen LogP contribution >= 0.6 is 46.4 Å². The minimum absolute atomic E-state index is 0.129. The van der Waals surface area contributed by atoms with Crippen molar-refractivity contribution >= 4 is 64.0 Å². The van der Waals surface area contributed by atoms with Crippen molar-refractivity contribution in [2.75, 3.05) is 12.4 Å². The molecule has 126 valence electrons. The molecule has 0 aliphatic heterocycles. The van der Waals surface area contributed by atoms with E-state index in [1.807, 2.05) is 0 Å². The van der Waals surface area contributed by atoms with Crippen LogP contribution in [-0.4, -0.2) is 24.0 Å². The Kier molecular flexibility index (Phi) is 6.51. The molecule has 1 aromatic carbocycles. The first-order valence-electron chi connectivity index (χ1n) is 6.39. The molecule has 1 heterocycles. The maximum Gasteiger partial charge on any atom is 0.435 e. The van der Waals surface area contributed by atoms with Crippen molar-refractivity contribution in [1.29, 1.82) is 0 Å². The molecule has 0 bridgehead atoms. The van der Waals surface area contributed by atoms with Crippen LogP contribution in [0.1, 0.15) is 5.56 Å². The van der Waals surface area contributed by atoms with Crippen molar-refractivity contribution in [1.82, 2.24) is 10.5 Å². The molecule has 1 aromatic heterocycles. The van der Waals surface area contributed by atoms with Crippen LogP contribution in [0.3, 0.4) is 0 Å². The van der Waals surface area contributed by atoms with E-state index < -0.39 is 6.09 Å². The Labute approximate surface area is 157 Å². The van der Waals surface area contributed by atoms with Crippen molar-refractivity contribution in [3.8, 4) is 0 Å². The Hall–Kier alpha value is -1.73. The third-order valence-corrected chi connectivity index (χ3v) is 3.69. The number of pyridine rings is 1. The standard InChI is InChI=1S/C14H10Cl4N4O2/c1-19-13(12-8(15)3-2-4-9(12)16)22-24-14(23)20-7-5-10(17)21-11(18)6-7/h2-6H,1H3,(H,19,22)(H,20,21,23). The first kappa shape index (κ1) is 18.6. The molecule has 24 heavy (non-hydrogen) atoms. The van der Waals surface area contributed by atoms with E-state index in [1.54, 1.807) is 18.2 Å². The molecule has 0 radical (unpaired) electrons. The first-order chi connectivity index (χ1) is 11.4. The Balaban J connectivity index is 2.04. The van der Waals surface area contributed by atoms with Crippen molar-refractivity contribution in [2.24, 2.45) is 4.99 Å². The van der Waals surface area contributed by atoms with Gasteiger partial charge >= 0.3 is 6.09 Å². The normalized spacial score (nSPS) is 11.1. The van der Waals surface area contributed by atoms with Gasteiger partial charge in [-0.3, -0.25) is 10.3 Å². The number of rotatable bonds is 2. The number of benzene rings is 1. The first-order valence-corrected chi connectivity index (χ1v) is 7.90. The number of anilines is 1. The van der Waals surface area contributed by atoms with Gasteiger partial charge in [-0.1, -0.05) is 52.5 Å². The molecule has 0 spiro atoms. The third kappa shape index (κ3) is 4.88. The number of nitrogens with one attached hydrogen (secondary N) is 2. The van der Waals surface area contributed by atoms with E-state index >= 15 is 0 Å². The summed E-state index contributed by atoms with van der Waals surface area (Å²) in [4.78, 5) is 24.5. The molecule has 0 saturated carbocycles. The van der Waals surface area contributed by atoms with Gasteiger partial charge in [-0.15, -0.1) is 0 Å². The minimum Gasteiger partial charge on any atom is -0.322 e. The van der Waals surface area contributed by atoms with E-state index in [9.17, 15) is 4.79 Å². The van der Waals surface area contributed by atoms with E-state index in [1.165, 1.54) is 19.2 Å². The van der Waals surface area contributed by atoms with Crippen molar-refractivity contribution in [2.45, 2.75) is 0 Å². The second-order valence-corrected chi connectivity index (χ2v) is 5.88. The van der Waals surface area contributed by atoms with Crippen molar-refractivity contribution in [3.63, 3.8) is 0 Å². The monoisotopic (exact) mass is 406 g/mol. The van der Waals surface area contributed by atoms with Gasteiger partial charge < -0.3 is 4.84 Å². The molecule has 2 rings (SSSR count). The number of nitrogens with zero attached hydrogens (tertiary/aromatic N) is 2. The summed E-state index contributed by atoms with van der Waals surface area (Å²) < 4.78 is 0. The van der Waals surface area contributed by atoms with E-state index in [4.69, 9.17) is 51.2 Å². The quantitative estimate of drug-likeness (QED) is 0.323. The molecule has 0 fully saturated rings. The number of carbonyl (C=O) groups is 1. The van der Waals surface area contributed by atoms with Crippen molar-refractivity contribution < 1.29 is 9.63 Å². The van der Waals surface area contributed by atoms with Gasteiger partial charge in [-0.25, -0.2) is 9.78 Å². The fourth-order valence-corrected chi connectivity index (χ4v) is 2.74. The van der Waals surface area contributed by atoms with Crippen LogP contribution in [0.15, 0.2) is 35.3 Å². The highest BCUT2D eigenvalue weighted by atomic mass is 35.5. The fourth-order valence-electron chi connectivity index (χ4n) is 1.71. The van der Waals surface area contributed by atoms with Crippen LogP contribution in [-0.2, 0) is 4.84 Å². The lowest BCUT2D eigenvalue weighted by Crippen LogP contribution is -2.30. The second-order valence-electron chi connectivity index (χ2n) is 4.29. The zero-order valence-electron chi connectivity index (χ0n) is 12.1. The van der Waals surface area contributed by atoms with Gasteiger partial charge in [-0.05, 0) is 24.3 Å². The van der Waals surface area contributed by atoms with Crippen LogP contribution in [0.4, 0.5) is 10.5 Å². The largest absolute Gasteiger partial charge is 0.435 e. The third-order valence-electron chi connectivity index (χ3n) is 2.67. The van der Waals surface area contributed by atoms with Gasteiger partial charge in [0.1, 0.15) is 10.3 Å². The molecule has 0 atom stereocenters. The zero-order valence-corrected chi connectivity index (χ0v) is 15.1. The lowest BCUT2D eigenvalue weighted by molar-refractivity contribution is 0.135. The summed E-state index contributed by atoms with van der Waals surface area (Å²) in [6.07, 6.45) is -0.822.